The van der Waals surface area contributed by atoms with E-state index in [2.05, 4.69) is 9.97 Å². The summed E-state index contributed by atoms with van der Waals surface area (Å²) in [4.78, 5) is 40.5. The van der Waals surface area contributed by atoms with E-state index in [9.17, 15) is 39.6 Å². The number of hydrogen-bond donors (Lipinski definition) is 2. The summed E-state index contributed by atoms with van der Waals surface area (Å²) in [5.41, 5.74) is 0.600. The molecule has 0 spiro atoms. The molecule has 0 saturated carbocycles. The minimum atomic E-state index is -5.08. The highest BCUT2D eigenvalue weighted by atomic mass is 32.2. The number of nitrogens with zero attached hydrogens (tertiary/aromatic N) is 4. The van der Waals surface area contributed by atoms with Gasteiger partial charge in [-0.2, -0.15) is 30.6 Å². The van der Waals surface area contributed by atoms with Crippen molar-refractivity contribution in [1.82, 2.24) is 19.2 Å². The molecule has 0 aromatic carbocycles. The number of alkyl halides is 6. The number of hydrogen-bond acceptors (Lipinski definition) is 9. The molecular weight excluding hydrogens is 634 g/mol. The molecule has 3 aromatic heterocycles. The van der Waals surface area contributed by atoms with Crippen molar-refractivity contribution in [2.45, 2.75) is 35.9 Å². The molecule has 2 aliphatic heterocycles. The quantitative estimate of drug-likeness (QED) is 0.397. The number of halogens is 6. The number of sulfonamides is 1. The van der Waals surface area contributed by atoms with Crippen LogP contribution >= 0.6 is 0 Å². The van der Waals surface area contributed by atoms with Crippen LogP contribution in [-0.2, 0) is 26.2 Å². The predicted molar refractivity (Wildman–Crippen MR) is 131 cm³/mol. The summed E-state index contributed by atoms with van der Waals surface area (Å²) in [5.74, 6) is -5.58. The van der Waals surface area contributed by atoms with Gasteiger partial charge in [-0.25, -0.2) is 23.0 Å². The Morgan fingerprint density at radius 1 is 0.886 bits per heavy atom. The number of carbonyl (C=O) groups excluding carboxylic acids is 1. The van der Waals surface area contributed by atoms with Crippen LogP contribution in [0, 0.1) is 0 Å². The van der Waals surface area contributed by atoms with Crippen LogP contribution in [0.4, 0.5) is 26.3 Å². The number of amides is 1. The van der Waals surface area contributed by atoms with E-state index in [1.807, 2.05) is 0 Å². The number of aromatic nitrogens is 2. The third kappa shape index (κ3) is 8.22. The molecule has 238 valence electrons. The van der Waals surface area contributed by atoms with Gasteiger partial charge in [-0.1, -0.05) is 6.07 Å². The average Bonchev–Trinajstić information content (AvgIpc) is 3.61. The van der Waals surface area contributed by atoms with E-state index in [0.29, 0.717) is 5.69 Å². The number of pyridine rings is 2. The number of furan rings is 1. The van der Waals surface area contributed by atoms with Crippen LogP contribution in [0.2, 0.25) is 0 Å². The van der Waals surface area contributed by atoms with Crippen LogP contribution in [0.15, 0.2) is 70.4 Å². The summed E-state index contributed by atoms with van der Waals surface area (Å²) in [6, 6.07) is 11.0. The standard InChI is InChI=1S/C20H18N4O5S.2C2HF3O2/c25-20(16-6-4-10-28-16)23-12-15-17(13-23)29-19-18(7-3-9-22-19)30(26,27)24(15)11-14-5-1-2-8-21-14;2*3-2(4,5)1(6)7/h1-10,15,17H,11-13H2;2*(H,6,7). The Kier molecular flexibility index (Phi) is 10.2. The summed E-state index contributed by atoms with van der Waals surface area (Å²) >= 11 is 0. The first kappa shape index (κ1) is 33.8. The van der Waals surface area contributed by atoms with Crippen LogP contribution in [0.3, 0.4) is 0 Å². The lowest BCUT2D eigenvalue weighted by Gasteiger charge is -2.27. The number of rotatable bonds is 3. The van der Waals surface area contributed by atoms with Gasteiger partial charge in [-0.3, -0.25) is 9.78 Å². The number of ether oxygens (including phenoxy) is 1. The molecule has 0 bridgehead atoms. The molecule has 2 atom stereocenters. The van der Waals surface area contributed by atoms with E-state index in [0.717, 1.165) is 0 Å². The molecule has 1 fully saturated rings. The molecule has 2 aliphatic rings. The van der Waals surface area contributed by atoms with Gasteiger partial charge in [-0.05, 0) is 36.4 Å². The molecule has 13 nitrogen and oxygen atoms in total. The van der Waals surface area contributed by atoms with Gasteiger partial charge in [0.15, 0.2) is 5.76 Å². The van der Waals surface area contributed by atoms with E-state index >= 15 is 0 Å². The van der Waals surface area contributed by atoms with E-state index < -0.39 is 46.5 Å². The number of fused-ring (bicyclic) bond motifs is 2. The monoisotopic (exact) mass is 654 g/mol. The maximum atomic E-state index is 13.5. The topological polar surface area (TPSA) is 180 Å². The molecule has 2 unspecified atom stereocenters. The fraction of sp³-hybridized carbons (Fsp3) is 0.292. The minimum Gasteiger partial charge on any atom is -0.475 e. The molecule has 1 amide bonds. The second kappa shape index (κ2) is 13.3. The second-order valence-corrected chi connectivity index (χ2v) is 10.6. The normalized spacial score (nSPS) is 19.0. The first-order chi connectivity index (χ1) is 20.4. The smallest absolute Gasteiger partial charge is 0.475 e. The van der Waals surface area contributed by atoms with E-state index in [1.54, 1.807) is 47.5 Å². The zero-order valence-corrected chi connectivity index (χ0v) is 22.6. The second-order valence-electron chi connectivity index (χ2n) is 8.69. The highest BCUT2D eigenvalue weighted by Gasteiger charge is 2.49. The first-order valence-electron chi connectivity index (χ1n) is 11.9. The minimum absolute atomic E-state index is 0.0132. The lowest BCUT2D eigenvalue weighted by atomic mass is 10.2. The fourth-order valence-corrected chi connectivity index (χ4v) is 5.52. The van der Waals surface area contributed by atoms with Crippen LogP contribution in [0.25, 0.3) is 0 Å². The van der Waals surface area contributed by atoms with Gasteiger partial charge in [0, 0.05) is 18.9 Å². The van der Waals surface area contributed by atoms with E-state index in [-0.39, 0.29) is 42.1 Å². The molecule has 20 heteroatoms. The van der Waals surface area contributed by atoms with Crippen LogP contribution < -0.4 is 4.74 Å². The molecule has 1 saturated heterocycles. The number of carbonyl (C=O) groups is 3. The molecule has 0 radical (unpaired) electrons. The third-order valence-corrected chi connectivity index (χ3v) is 7.62. The highest BCUT2D eigenvalue weighted by molar-refractivity contribution is 7.89. The average molecular weight is 654 g/mol. The van der Waals surface area contributed by atoms with Crippen molar-refractivity contribution in [3.05, 3.63) is 72.6 Å². The van der Waals surface area contributed by atoms with Crippen molar-refractivity contribution in [2.75, 3.05) is 13.1 Å². The Morgan fingerprint density at radius 3 is 2.02 bits per heavy atom. The first-order valence-corrected chi connectivity index (χ1v) is 13.3. The van der Waals surface area contributed by atoms with Crippen molar-refractivity contribution >= 4 is 27.9 Å². The largest absolute Gasteiger partial charge is 0.490 e. The van der Waals surface area contributed by atoms with Crippen molar-refractivity contribution in [1.29, 1.82) is 0 Å². The van der Waals surface area contributed by atoms with E-state index in [4.69, 9.17) is 29.0 Å². The summed E-state index contributed by atoms with van der Waals surface area (Å²) in [5, 5.41) is 14.2. The maximum Gasteiger partial charge on any atom is 0.490 e. The summed E-state index contributed by atoms with van der Waals surface area (Å²) in [7, 11) is -3.93. The van der Waals surface area contributed by atoms with Crippen LogP contribution in [-0.4, -0.2) is 93.2 Å². The Morgan fingerprint density at radius 2 is 1.50 bits per heavy atom. The molecule has 5 heterocycles. The van der Waals surface area contributed by atoms with Crippen molar-refractivity contribution < 1.29 is 68.5 Å². The van der Waals surface area contributed by atoms with Crippen molar-refractivity contribution in [2.24, 2.45) is 0 Å². The highest BCUT2D eigenvalue weighted by Crippen LogP contribution is 2.36. The number of likely N-dealkylation sites (tertiary alicyclic amines) is 1. The molecule has 44 heavy (non-hydrogen) atoms. The third-order valence-electron chi connectivity index (χ3n) is 5.74. The Hall–Kier alpha value is -4.72. The van der Waals surface area contributed by atoms with Crippen molar-refractivity contribution in [3.8, 4) is 5.88 Å². The zero-order chi connectivity index (χ0) is 32.9. The number of aliphatic carboxylic acids is 2. The number of carboxylic acids is 2. The molecule has 2 N–H and O–H groups in total. The maximum absolute atomic E-state index is 13.5. The van der Waals surface area contributed by atoms with Gasteiger partial charge in [0.2, 0.25) is 15.9 Å². The molecular formula is C24H20F6N4O9S. The predicted octanol–water partition coefficient (Wildman–Crippen LogP) is 2.81. The van der Waals surface area contributed by atoms with Gasteiger partial charge in [-0.15, -0.1) is 0 Å². The molecule has 3 aromatic rings. The van der Waals surface area contributed by atoms with Crippen LogP contribution in [0.1, 0.15) is 16.2 Å². The van der Waals surface area contributed by atoms with Gasteiger partial charge in [0.1, 0.15) is 11.0 Å². The van der Waals surface area contributed by atoms with Gasteiger partial charge in [0.25, 0.3) is 5.91 Å². The Bertz CT molecular complexity index is 1540. The van der Waals surface area contributed by atoms with Gasteiger partial charge in [0.05, 0.1) is 31.1 Å². The SMILES string of the molecule is O=C(O)C(F)(F)F.O=C(O)C(F)(F)F.O=C(c1ccco1)N1CC2Oc3ncccc3S(=O)(=O)N(Cc3ccccn3)C2C1. The lowest BCUT2D eigenvalue weighted by molar-refractivity contribution is -0.193. The van der Waals surface area contributed by atoms with Crippen molar-refractivity contribution in [3.63, 3.8) is 0 Å². The fourth-order valence-electron chi connectivity index (χ4n) is 3.83. The van der Waals surface area contributed by atoms with Gasteiger partial charge >= 0.3 is 24.3 Å². The molecule has 0 aliphatic carbocycles. The number of carboxylic acid groups (broad SMARTS) is 2. The van der Waals surface area contributed by atoms with E-state index in [1.165, 1.54) is 22.8 Å². The lowest BCUT2D eigenvalue weighted by Crippen LogP contribution is -2.46. The Labute approximate surface area is 243 Å². The van der Waals surface area contributed by atoms with Crippen LogP contribution in [0.5, 0.6) is 5.88 Å². The summed E-state index contributed by atoms with van der Waals surface area (Å²) in [6.07, 6.45) is -6.21. The molecule has 5 rings (SSSR count). The Balaban J connectivity index is 0.000000317. The summed E-state index contributed by atoms with van der Waals surface area (Å²) < 4.78 is 103. The summed E-state index contributed by atoms with van der Waals surface area (Å²) in [6.45, 7) is 0.448. The van der Waals surface area contributed by atoms with Gasteiger partial charge < -0.3 is 24.3 Å². The zero-order valence-electron chi connectivity index (χ0n) is 21.8.